The quantitative estimate of drug-likeness (QED) is 0.654. The van der Waals surface area contributed by atoms with Crippen LogP contribution in [-0.4, -0.2) is 24.0 Å². The van der Waals surface area contributed by atoms with Crippen LogP contribution < -0.4 is 4.74 Å². The minimum absolute atomic E-state index is 0.231. The Morgan fingerprint density at radius 3 is 2.54 bits per heavy atom. The molecule has 136 valence electrons. The summed E-state index contributed by atoms with van der Waals surface area (Å²) in [5, 5.41) is 0. The summed E-state index contributed by atoms with van der Waals surface area (Å²) in [5.41, 5.74) is 1.69. The molecule has 0 bridgehead atoms. The van der Waals surface area contributed by atoms with E-state index in [0.29, 0.717) is 29.7 Å². The molecule has 0 saturated heterocycles. The zero-order valence-electron chi connectivity index (χ0n) is 15.1. The maximum atomic E-state index is 13.0. The van der Waals surface area contributed by atoms with Crippen LogP contribution in [0.5, 0.6) is 5.75 Å². The first-order valence-corrected chi connectivity index (χ1v) is 9.91. The van der Waals surface area contributed by atoms with Crippen molar-refractivity contribution in [2.45, 2.75) is 25.7 Å². The highest BCUT2D eigenvalue weighted by atomic mass is 32.2. The van der Waals surface area contributed by atoms with Gasteiger partial charge in [-0.1, -0.05) is 43.7 Å². The lowest BCUT2D eigenvalue weighted by Crippen LogP contribution is -2.13. The van der Waals surface area contributed by atoms with Crippen molar-refractivity contribution in [3.63, 3.8) is 0 Å². The van der Waals surface area contributed by atoms with E-state index in [-0.39, 0.29) is 4.90 Å². The Labute approximate surface area is 154 Å². The predicted molar refractivity (Wildman–Crippen MR) is 102 cm³/mol. The van der Waals surface area contributed by atoms with E-state index < -0.39 is 10.0 Å². The van der Waals surface area contributed by atoms with Crippen LogP contribution in [0.15, 0.2) is 65.8 Å². The molecule has 0 aliphatic heterocycles. The average Bonchev–Trinajstić information content (AvgIpc) is 3.11. The van der Waals surface area contributed by atoms with Gasteiger partial charge in [0.1, 0.15) is 5.75 Å². The van der Waals surface area contributed by atoms with Crippen molar-refractivity contribution in [2.75, 3.05) is 6.61 Å². The van der Waals surface area contributed by atoms with E-state index in [1.54, 1.807) is 24.3 Å². The van der Waals surface area contributed by atoms with Gasteiger partial charge in [-0.25, -0.2) is 17.4 Å². The molecule has 0 aliphatic rings. The molecule has 0 fully saturated rings. The minimum Gasteiger partial charge on any atom is -0.493 e. The van der Waals surface area contributed by atoms with Gasteiger partial charge < -0.3 is 4.74 Å². The summed E-state index contributed by atoms with van der Waals surface area (Å²) in [6.45, 7) is 6.66. The van der Waals surface area contributed by atoms with Crippen LogP contribution in [0.4, 0.5) is 0 Å². The number of rotatable bonds is 6. The summed E-state index contributed by atoms with van der Waals surface area (Å²) in [7, 11) is -3.72. The summed E-state index contributed by atoms with van der Waals surface area (Å²) in [6, 6.07) is 14.1. The highest BCUT2D eigenvalue weighted by Crippen LogP contribution is 2.26. The van der Waals surface area contributed by atoms with E-state index in [1.165, 1.54) is 16.4 Å². The Morgan fingerprint density at radius 2 is 1.85 bits per heavy atom. The summed E-state index contributed by atoms with van der Waals surface area (Å²) in [4.78, 5) is 4.49. The summed E-state index contributed by atoms with van der Waals surface area (Å²) >= 11 is 0. The first kappa shape index (κ1) is 18.2. The summed E-state index contributed by atoms with van der Waals surface area (Å²) in [5.74, 6) is 1.46. The second-order valence-electron chi connectivity index (χ2n) is 6.60. The number of nitrogens with zero attached hydrogens (tertiary/aromatic N) is 2. The average molecular weight is 370 g/mol. The molecule has 26 heavy (non-hydrogen) atoms. The first-order valence-electron chi connectivity index (χ1n) is 8.47. The van der Waals surface area contributed by atoms with E-state index >= 15 is 0 Å². The van der Waals surface area contributed by atoms with Gasteiger partial charge in [0.2, 0.25) is 0 Å². The maximum absolute atomic E-state index is 13.0. The fraction of sp³-hybridized carbons (Fsp3) is 0.250. The molecule has 0 saturated carbocycles. The fourth-order valence-corrected chi connectivity index (χ4v) is 3.80. The van der Waals surface area contributed by atoms with Gasteiger partial charge in [-0.15, -0.1) is 0 Å². The van der Waals surface area contributed by atoms with E-state index in [1.807, 2.05) is 31.2 Å². The van der Waals surface area contributed by atoms with Crippen molar-refractivity contribution in [3.05, 3.63) is 66.5 Å². The molecule has 1 aromatic heterocycles. The van der Waals surface area contributed by atoms with Crippen LogP contribution in [-0.2, 0) is 10.0 Å². The van der Waals surface area contributed by atoms with Crippen LogP contribution in [0.25, 0.3) is 11.4 Å². The Hall–Kier alpha value is -2.60. The third-order valence-corrected chi connectivity index (χ3v) is 5.54. The molecule has 0 atom stereocenters. The van der Waals surface area contributed by atoms with Gasteiger partial charge in [0.25, 0.3) is 10.0 Å². The molecule has 0 spiro atoms. The largest absolute Gasteiger partial charge is 0.493 e. The molecule has 1 heterocycles. The number of aryl methyl sites for hydroxylation is 1. The van der Waals surface area contributed by atoms with Crippen molar-refractivity contribution in [2.24, 2.45) is 5.92 Å². The Balaban J connectivity index is 1.99. The molecule has 2 aromatic carbocycles. The van der Waals surface area contributed by atoms with Gasteiger partial charge in [0, 0.05) is 18.0 Å². The number of aromatic nitrogens is 2. The second-order valence-corrected chi connectivity index (χ2v) is 8.41. The number of imidazole rings is 1. The van der Waals surface area contributed by atoms with Gasteiger partial charge in [0.15, 0.2) is 5.82 Å². The normalized spacial score (nSPS) is 11.7. The topological polar surface area (TPSA) is 61.2 Å². The van der Waals surface area contributed by atoms with Crippen LogP contribution in [0.2, 0.25) is 0 Å². The molecule has 3 aromatic rings. The number of hydrogen-bond donors (Lipinski definition) is 0. The molecule has 0 N–H and O–H groups in total. The van der Waals surface area contributed by atoms with Crippen molar-refractivity contribution < 1.29 is 13.2 Å². The van der Waals surface area contributed by atoms with Crippen LogP contribution in [0.1, 0.15) is 19.4 Å². The molecule has 0 radical (unpaired) electrons. The predicted octanol–water partition coefficient (Wildman–Crippen LogP) is 4.13. The third kappa shape index (κ3) is 3.80. The molecule has 0 unspecified atom stereocenters. The van der Waals surface area contributed by atoms with Crippen molar-refractivity contribution in [3.8, 4) is 17.1 Å². The Bertz CT molecular complexity index is 990. The lowest BCUT2D eigenvalue weighted by molar-refractivity contribution is 0.271. The van der Waals surface area contributed by atoms with Gasteiger partial charge in [-0.2, -0.15) is 0 Å². The smallest absolute Gasteiger partial charge is 0.269 e. The summed E-state index contributed by atoms with van der Waals surface area (Å²) in [6.07, 6.45) is 2.95. The standard InChI is InChI=1S/C20H22N2O3S/c1-15(2)14-25-18-6-4-5-17(13-18)20-21-11-12-22(20)26(23,24)19-9-7-16(3)8-10-19/h4-13,15H,14H2,1-3H3. The van der Waals surface area contributed by atoms with Crippen LogP contribution in [0, 0.1) is 12.8 Å². The monoisotopic (exact) mass is 370 g/mol. The number of ether oxygens (including phenoxy) is 1. The number of benzene rings is 2. The molecule has 5 nitrogen and oxygen atoms in total. The van der Waals surface area contributed by atoms with E-state index in [0.717, 1.165) is 5.56 Å². The third-order valence-electron chi connectivity index (χ3n) is 3.86. The van der Waals surface area contributed by atoms with Crippen LogP contribution in [0.3, 0.4) is 0 Å². The first-order chi connectivity index (χ1) is 12.4. The molecule has 0 amide bonds. The van der Waals surface area contributed by atoms with E-state index in [2.05, 4.69) is 18.8 Å². The SMILES string of the molecule is Cc1ccc(S(=O)(=O)n2ccnc2-c2cccc(OCC(C)C)c2)cc1. The Kier molecular flexibility index (Phi) is 5.13. The summed E-state index contributed by atoms with van der Waals surface area (Å²) < 4.78 is 32.9. The zero-order chi connectivity index (χ0) is 18.7. The molecule has 3 rings (SSSR count). The van der Waals surface area contributed by atoms with Crippen LogP contribution >= 0.6 is 0 Å². The molecular formula is C20H22N2O3S. The van der Waals surface area contributed by atoms with Crippen molar-refractivity contribution in [1.29, 1.82) is 0 Å². The van der Waals surface area contributed by atoms with E-state index in [4.69, 9.17) is 4.74 Å². The van der Waals surface area contributed by atoms with Crippen molar-refractivity contribution >= 4 is 10.0 Å². The Morgan fingerprint density at radius 1 is 1.12 bits per heavy atom. The second kappa shape index (κ2) is 7.33. The minimum atomic E-state index is -3.72. The van der Waals surface area contributed by atoms with Crippen molar-refractivity contribution in [1.82, 2.24) is 8.96 Å². The molecule has 6 heteroatoms. The lowest BCUT2D eigenvalue weighted by Gasteiger charge is -2.12. The molecular weight excluding hydrogens is 348 g/mol. The van der Waals surface area contributed by atoms with Gasteiger partial charge in [0.05, 0.1) is 11.5 Å². The fourth-order valence-electron chi connectivity index (χ4n) is 2.50. The maximum Gasteiger partial charge on any atom is 0.269 e. The zero-order valence-corrected chi connectivity index (χ0v) is 15.9. The highest BCUT2D eigenvalue weighted by molar-refractivity contribution is 7.90. The van der Waals surface area contributed by atoms with Gasteiger partial charge in [-0.05, 0) is 37.1 Å². The number of hydrogen-bond acceptors (Lipinski definition) is 4. The molecule has 0 aliphatic carbocycles. The van der Waals surface area contributed by atoms with E-state index in [9.17, 15) is 8.42 Å². The lowest BCUT2D eigenvalue weighted by atomic mass is 10.2. The van der Waals surface area contributed by atoms with Gasteiger partial charge >= 0.3 is 0 Å². The highest BCUT2D eigenvalue weighted by Gasteiger charge is 2.21. The van der Waals surface area contributed by atoms with Gasteiger partial charge in [-0.3, -0.25) is 0 Å².